The molecule has 0 amide bonds. The van der Waals surface area contributed by atoms with E-state index in [1.165, 1.54) is 0 Å². The minimum absolute atomic E-state index is 0. The lowest BCUT2D eigenvalue weighted by Crippen LogP contribution is -2.43. The molecule has 1 fully saturated rings. The van der Waals surface area contributed by atoms with E-state index in [9.17, 15) is 0 Å². The predicted octanol–water partition coefficient (Wildman–Crippen LogP) is 4.47. The summed E-state index contributed by atoms with van der Waals surface area (Å²) >= 11 is 10.5. The molecule has 18 heavy (non-hydrogen) atoms. The molecular weight excluding hydrogens is 285 g/mol. The fourth-order valence-corrected chi connectivity index (χ4v) is 8.38. The summed E-state index contributed by atoms with van der Waals surface area (Å²) in [6.07, 6.45) is -0.141. The Morgan fingerprint density at radius 1 is 0.889 bits per heavy atom. The molecular formula is C12H28NO2PS2. The molecule has 1 rings (SSSR count). The van der Waals surface area contributed by atoms with E-state index in [0.717, 1.165) is 0 Å². The van der Waals surface area contributed by atoms with Gasteiger partial charge in [-0.05, 0) is 11.8 Å². The Labute approximate surface area is 122 Å². The third-order valence-electron chi connectivity index (χ3n) is 2.96. The van der Waals surface area contributed by atoms with E-state index in [-0.39, 0.29) is 24.1 Å². The molecule has 110 valence electrons. The van der Waals surface area contributed by atoms with E-state index in [2.05, 4.69) is 41.5 Å². The molecule has 1 aliphatic rings. The lowest BCUT2D eigenvalue weighted by atomic mass is 10.2. The third kappa shape index (κ3) is 3.94. The molecule has 0 spiro atoms. The average molecular weight is 313 g/mol. The first-order valence-corrected chi connectivity index (χ1v) is 10.4. The first kappa shape index (κ1) is 18.9. The average Bonchev–Trinajstić information content (AvgIpc) is 2.14. The van der Waals surface area contributed by atoms with Crippen molar-refractivity contribution in [2.75, 3.05) is 0 Å². The van der Waals surface area contributed by atoms with Gasteiger partial charge >= 0.3 is 0 Å². The number of hydrogen-bond donors (Lipinski definition) is 2. The fourth-order valence-electron chi connectivity index (χ4n) is 2.11. The van der Waals surface area contributed by atoms with Crippen LogP contribution in [-0.4, -0.2) is 18.0 Å². The molecule has 0 aromatic rings. The van der Waals surface area contributed by atoms with Crippen LogP contribution in [-0.2, 0) is 21.3 Å². The molecule has 0 aliphatic carbocycles. The minimum Gasteiger partial charge on any atom is -0.344 e. The highest BCUT2D eigenvalue weighted by Crippen LogP contribution is 2.67. The Morgan fingerprint density at radius 3 is 1.44 bits per heavy atom. The molecule has 0 aromatic carbocycles. The lowest BCUT2D eigenvalue weighted by Gasteiger charge is -2.46. The van der Waals surface area contributed by atoms with E-state index in [1.54, 1.807) is 0 Å². The molecule has 0 radical (unpaired) electrons. The van der Waals surface area contributed by atoms with Crippen molar-refractivity contribution in [1.82, 2.24) is 6.15 Å². The van der Waals surface area contributed by atoms with Gasteiger partial charge in [-0.25, -0.2) is 0 Å². The quantitative estimate of drug-likeness (QED) is 0.596. The molecule has 3 N–H and O–H groups in total. The van der Waals surface area contributed by atoms with Gasteiger partial charge in [0.2, 0.25) is 0 Å². The number of ether oxygens (including phenoxy) is 2. The van der Waals surface area contributed by atoms with Crippen LogP contribution >= 0.6 is 17.5 Å². The van der Waals surface area contributed by atoms with E-state index in [4.69, 9.17) is 33.5 Å². The van der Waals surface area contributed by atoms with E-state index < -0.39 is 5.24 Å². The molecule has 0 bridgehead atoms. The molecule has 1 saturated heterocycles. The summed E-state index contributed by atoms with van der Waals surface area (Å²) in [5.74, 6) is 1.26. The first-order valence-electron chi connectivity index (χ1n) is 6.31. The van der Waals surface area contributed by atoms with Crippen molar-refractivity contribution in [2.45, 2.75) is 59.5 Å². The Bertz CT molecular complexity index is 288. The maximum Gasteiger partial charge on any atom is 0.161 e. The van der Waals surface area contributed by atoms with Crippen molar-refractivity contribution < 1.29 is 9.47 Å². The van der Waals surface area contributed by atoms with Gasteiger partial charge in [0.05, 0.1) is 5.24 Å². The predicted molar refractivity (Wildman–Crippen MR) is 86.3 cm³/mol. The molecule has 2 atom stereocenters. The highest BCUT2D eigenvalue weighted by atomic mass is 32.9. The van der Waals surface area contributed by atoms with Crippen LogP contribution < -0.4 is 6.15 Å². The molecule has 1 heterocycles. The molecule has 2 unspecified atom stereocenters. The van der Waals surface area contributed by atoms with Crippen molar-refractivity contribution in [2.24, 2.45) is 17.8 Å². The smallest absolute Gasteiger partial charge is 0.161 e. The lowest BCUT2D eigenvalue weighted by molar-refractivity contribution is -0.210. The van der Waals surface area contributed by atoms with E-state index >= 15 is 0 Å². The monoisotopic (exact) mass is 313 g/mol. The van der Waals surface area contributed by atoms with Gasteiger partial charge in [-0.3, -0.25) is 0 Å². The van der Waals surface area contributed by atoms with E-state index in [0.29, 0.717) is 17.8 Å². The normalized spacial score (nSPS) is 37.1. The molecule has 0 aromatic heterocycles. The van der Waals surface area contributed by atoms with Crippen molar-refractivity contribution >= 4 is 29.3 Å². The molecule has 0 saturated carbocycles. The van der Waals surface area contributed by atoms with Gasteiger partial charge in [-0.2, -0.15) is 0 Å². The Morgan fingerprint density at radius 2 is 1.22 bits per heavy atom. The molecule has 1 aliphatic heterocycles. The van der Waals surface area contributed by atoms with Crippen LogP contribution in [0.3, 0.4) is 0 Å². The van der Waals surface area contributed by atoms with Gasteiger partial charge < -0.3 is 15.6 Å². The second kappa shape index (κ2) is 7.05. The zero-order valence-corrected chi connectivity index (χ0v) is 14.9. The van der Waals surface area contributed by atoms with Crippen LogP contribution in [0, 0.1) is 17.8 Å². The maximum atomic E-state index is 6.05. The minimum atomic E-state index is -1.91. The topological polar surface area (TPSA) is 53.5 Å². The fraction of sp³-hybridized carbons (Fsp3) is 1.00. The van der Waals surface area contributed by atoms with Crippen LogP contribution in [0.15, 0.2) is 0 Å². The summed E-state index contributed by atoms with van der Waals surface area (Å²) in [6.45, 7) is 12.9. The maximum absolute atomic E-state index is 6.05. The van der Waals surface area contributed by atoms with Gasteiger partial charge in [-0.15, -0.1) is 12.2 Å². The van der Waals surface area contributed by atoms with Crippen LogP contribution in [0.2, 0.25) is 0 Å². The van der Waals surface area contributed by atoms with Crippen molar-refractivity contribution in [3.8, 4) is 0 Å². The standard InChI is InChI=1S/C12H25O2PS2.H3N/c1-7(2)10-13-11(8(3)4)15(16,17)12(14-10)9(5)6;/h7-12H,1-6H3,(H,16,17);1H3. The highest BCUT2D eigenvalue weighted by molar-refractivity contribution is 8.63. The summed E-state index contributed by atoms with van der Waals surface area (Å²) in [6, 6.07) is 0. The van der Waals surface area contributed by atoms with E-state index in [1.807, 2.05) is 0 Å². The summed E-state index contributed by atoms with van der Waals surface area (Å²) < 4.78 is 12.1. The number of thiol groups is 1. The van der Waals surface area contributed by atoms with Crippen molar-refractivity contribution in [3.05, 3.63) is 0 Å². The summed E-state index contributed by atoms with van der Waals surface area (Å²) in [7, 11) is 0. The van der Waals surface area contributed by atoms with Gasteiger partial charge in [0.15, 0.2) is 6.29 Å². The van der Waals surface area contributed by atoms with Crippen LogP contribution in [0.5, 0.6) is 0 Å². The third-order valence-corrected chi connectivity index (χ3v) is 8.47. The SMILES string of the molecule is CC(C)C1OC(C(C)C)P(=S)(S)C(C(C)C)O1.N. The van der Waals surface area contributed by atoms with Crippen LogP contribution in [0.25, 0.3) is 0 Å². The summed E-state index contributed by atoms with van der Waals surface area (Å²) in [5.41, 5.74) is 0. The Kier molecular flexibility index (Phi) is 7.40. The Hall–Kier alpha value is 0.880. The first-order chi connectivity index (χ1) is 7.67. The van der Waals surface area contributed by atoms with Gasteiger partial charge in [0.25, 0.3) is 0 Å². The number of hydrogen-bond acceptors (Lipinski definition) is 4. The highest BCUT2D eigenvalue weighted by Gasteiger charge is 2.45. The second-order valence-electron chi connectivity index (χ2n) is 5.83. The summed E-state index contributed by atoms with van der Waals surface area (Å²) in [5, 5.41) is -1.91. The van der Waals surface area contributed by atoms with Crippen molar-refractivity contribution in [3.63, 3.8) is 0 Å². The number of rotatable bonds is 3. The second-order valence-corrected chi connectivity index (χ2v) is 12.8. The zero-order chi connectivity index (χ0) is 13.4. The van der Waals surface area contributed by atoms with Crippen molar-refractivity contribution in [1.29, 1.82) is 0 Å². The molecule has 3 nitrogen and oxygen atoms in total. The van der Waals surface area contributed by atoms with Crippen LogP contribution in [0.4, 0.5) is 0 Å². The Balaban J connectivity index is 0.00000289. The summed E-state index contributed by atoms with van der Waals surface area (Å²) in [4.78, 5) is 0. The zero-order valence-electron chi connectivity index (χ0n) is 12.3. The largest absolute Gasteiger partial charge is 0.344 e. The molecule has 6 heteroatoms. The van der Waals surface area contributed by atoms with Gasteiger partial charge in [0.1, 0.15) is 11.7 Å². The van der Waals surface area contributed by atoms with Crippen LogP contribution in [0.1, 0.15) is 41.5 Å². The van der Waals surface area contributed by atoms with Gasteiger partial charge in [0, 0.05) is 5.92 Å². The van der Waals surface area contributed by atoms with Gasteiger partial charge in [-0.1, -0.05) is 53.3 Å².